The Kier molecular flexibility index (Phi) is 6.15. The Hall–Kier alpha value is -3.68. The molecule has 8 nitrogen and oxygen atoms in total. The van der Waals surface area contributed by atoms with Crippen molar-refractivity contribution in [3.05, 3.63) is 48.2 Å². The number of anilines is 1. The lowest BCUT2D eigenvalue weighted by Crippen LogP contribution is -2.42. The number of carbonyl (C=O) groups excluding carboxylic acids is 2. The standard InChI is InChI=1S/C22H25N3O5/c1-13(21(26)24-14-6-8-15(28-3)9-7-14)23-22(27)19-12-17-18(25(19)2)10-16(29-4)11-20(17)30-5/h6-13H,1-5H3,(H,23,27)(H,24,26)/t13-/m1/s1. The summed E-state index contributed by atoms with van der Waals surface area (Å²) in [5, 5.41) is 6.29. The van der Waals surface area contributed by atoms with Crippen LogP contribution in [0.4, 0.5) is 5.69 Å². The van der Waals surface area contributed by atoms with Gasteiger partial charge in [0.1, 0.15) is 29.0 Å². The van der Waals surface area contributed by atoms with E-state index in [4.69, 9.17) is 14.2 Å². The van der Waals surface area contributed by atoms with Crippen LogP contribution in [0.5, 0.6) is 17.2 Å². The molecule has 2 aromatic carbocycles. The molecule has 2 N–H and O–H groups in total. The van der Waals surface area contributed by atoms with Gasteiger partial charge in [-0.25, -0.2) is 0 Å². The van der Waals surface area contributed by atoms with Crippen LogP contribution in [0.1, 0.15) is 17.4 Å². The molecule has 1 aromatic heterocycles. The van der Waals surface area contributed by atoms with Gasteiger partial charge in [-0.3, -0.25) is 9.59 Å². The Morgan fingerprint density at radius 2 is 1.60 bits per heavy atom. The molecule has 1 heterocycles. The SMILES string of the molecule is COc1ccc(NC(=O)[C@@H](C)NC(=O)c2cc3c(OC)cc(OC)cc3n2C)cc1. The number of aromatic nitrogens is 1. The number of hydrogen-bond acceptors (Lipinski definition) is 5. The first-order chi connectivity index (χ1) is 14.4. The number of aryl methyl sites for hydroxylation is 1. The maximum Gasteiger partial charge on any atom is 0.268 e. The number of nitrogens with one attached hydrogen (secondary N) is 2. The molecule has 3 aromatic rings. The van der Waals surface area contributed by atoms with Crippen LogP contribution in [-0.4, -0.2) is 43.8 Å². The quantitative estimate of drug-likeness (QED) is 0.624. The van der Waals surface area contributed by atoms with Gasteiger partial charge in [-0.1, -0.05) is 0 Å². The van der Waals surface area contributed by atoms with E-state index in [2.05, 4.69) is 10.6 Å². The van der Waals surface area contributed by atoms with Crippen molar-refractivity contribution in [2.45, 2.75) is 13.0 Å². The minimum absolute atomic E-state index is 0.327. The topological polar surface area (TPSA) is 90.8 Å². The normalized spacial score (nSPS) is 11.6. The first kappa shape index (κ1) is 21.0. The van der Waals surface area contributed by atoms with Crippen molar-refractivity contribution in [2.24, 2.45) is 7.05 Å². The number of benzene rings is 2. The van der Waals surface area contributed by atoms with E-state index in [1.54, 1.807) is 76.3 Å². The Bertz CT molecular complexity index is 1070. The average molecular weight is 411 g/mol. The fourth-order valence-corrected chi connectivity index (χ4v) is 3.14. The summed E-state index contributed by atoms with van der Waals surface area (Å²) in [6, 6.07) is 11.5. The third-order valence-corrected chi connectivity index (χ3v) is 4.88. The molecule has 1 atom stereocenters. The van der Waals surface area contributed by atoms with Crippen molar-refractivity contribution in [1.82, 2.24) is 9.88 Å². The summed E-state index contributed by atoms with van der Waals surface area (Å²) in [6.07, 6.45) is 0. The van der Waals surface area contributed by atoms with Gasteiger partial charge in [0.05, 0.1) is 26.8 Å². The summed E-state index contributed by atoms with van der Waals surface area (Å²) in [5.41, 5.74) is 1.80. The summed E-state index contributed by atoms with van der Waals surface area (Å²) in [5.74, 6) is 1.22. The maximum absolute atomic E-state index is 12.8. The van der Waals surface area contributed by atoms with Gasteiger partial charge in [0.2, 0.25) is 5.91 Å². The number of fused-ring (bicyclic) bond motifs is 1. The van der Waals surface area contributed by atoms with Gasteiger partial charge in [-0.2, -0.15) is 0 Å². The molecule has 0 spiro atoms. The molecule has 2 amide bonds. The van der Waals surface area contributed by atoms with Crippen LogP contribution in [0.15, 0.2) is 42.5 Å². The average Bonchev–Trinajstić information content (AvgIpc) is 3.10. The van der Waals surface area contributed by atoms with E-state index in [1.807, 2.05) is 6.07 Å². The van der Waals surface area contributed by atoms with E-state index in [0.717, 1.165) is 10.9 Å². The van der Waals surface area contributed by atoms with Crippen molar-refractivity contribution >= 4 is 28.4 Å². The lowest BCUT2D eigenvalue weighted by Gasteiger charge is -2.15. The van der Waals surface area contributed by atoms with Crippen molar-refractivity contribution in [2.75, 3.05) is 26.6 Å². The molecule has 0 saturated heterocycles. The van der Waals surface area contributed by atoms with Crippen molar-refractivity contribution in [1.29, 1.82) is 0 Å². The van der Waals surface area contributed by atoms with Crippen LogP contribution in [0.2, 0.25) is 0 Å². The van der Waals surface area contributed by atoms with E-state index in [1.165, 1.54) is 0 Å². The maximum atomic E-state index is 12.8. The fourth-order valence-electron chi connectivity index (χ4n) is 3.14. The number of ether oxygens (including phenoxy) is 3. The van der Waals surface area contributed by atoms with Gasteiger partial charge in [-0.15, -0.1) is 0 Å². The van der Waals surface area contributed by atoms with Crippen LogP contribution in [-0.2, 0) is 11.8 Å². The molecule has 0 aliphatic rings. The second kappa shape index (κ2) is 8.77. The van der Waals surface area contributed by atoms with Gasteiger partial charge in [0, 0.05) is 30.3 Å². The first-order valence-corrected chi connectivity index (χ1v) is 9.35. The van der Waals surface area contributed by atoms with Crippen molar-refractivity contribution in [3.8, 4) is 17.2 Å². The van der Waals surface area contributed by atoms with Gasteiger partial charge >= 0.3 is 0 Å². The summed E-state index contributed by atoms with van der Waals surface area (Å²) in [6.45, 7) is 1.63. The number of rotatable bonds is 7. The van der Waals surface area contributed by atoms with Crippen LogP contribution in [0.25, 0.3) is 10.9 Å². The monoisotopic (exact) mass is 411 g/mol. The molecule has 158 valence electrons. The van der Waals surface area contributed by atoms with Crippen molar-refractivity contribution in [3.63, 3.8) is 0 Å². The number of nitrogens with zero attached hydrogens (tertiary/aromatic N) is 1. The number of carbonyl (C=O) groups is 2. The predicted molar refractivity (Wildman–Crippen MR) is 115 cm³/mol. The molecule has 0 aliphatic heterocycles. The molecule has 0 fully saturated rings. The summed E-state index contributed by atoms with van der Waals surface area (Å²) >= 11 is 0. The molecule has 8 heteroatoms. The lowest BCUT2D eigenvalue weighted by atomic mass is 10.2. The Labute approximate surface area is 174 Å². The Morgan fingerprint density at radius 3 is 2.20 bits per heavy atom. The molecular formula is C22H25N3O5. The predicted octanol–water partition coefficient (Wildman–Crippen LogP) is 2.96. The molecule has 30 heavy (non-hydrogen) atoms. The molecule has 0 aliphatic carbocycles. The fraction of sp³-hybridized carbons (Fsp3) is 0.273. The van der Waals surface area contributed by atoms with Crippen molar-refractivity contribution < 1.29 is 23.8 Å². The summed E-state index contributed by atoms with van der Waals surface area (Å²) in [4.78, 5) is 25.3. The Morgan fingerprint density at radius 1 is 0.933 bits per heavy atom. The molecule has 3 rings (SSSR count). The van der Waals surface area contributed by atoms with Crippen LogP contribution < -0.4 is 24.8 Å². The van der Waals surface area contributed by atoms with E-state index in [9.17, 15) is 9.59 Å². The first-order valence-electron chi connectivity index (χ1n) is 9.35. The minimum Gasteiger partial charge on any atom is -0.497 e. The van der Waals surface area contributed by atoms with E-state index < -0.39 is 6.04 Å². The summed E-state index contributed by atoms with van der Waals surface area (Å²) in [7, 11) is 6.48. The molecular weight excluding hydrogens is 386 g/mol. The van der Waals surface area contributed by atoms with E-state index in [-0.39, 0.29) is 11.8 Å². The third-order valence-electron chi connectivity index (χ3n) is 4.88. The van der Waals surface area contributed by atoms with Crippen LogP contribution >= 0.6 is 0 Å². The number of hydrogen-bond donors (Lipinski definition) is 2. The zero-order valence-corrected chi connectivity index (χ0v) is 17.6. The third kappa shape index (κ3) is 4.17. The molecule has 0 unspecified atom stereocenters. The second-order valence-electron chi connectivity index (χ2n) is 6.76. The zero-order chi connectivity index (χ0) is 21.8. The van der Waals surface area contributed by atoms with Gasteiger partial charge in [0.15, 0.2) is 0 Å². The molecule has 0 bridgehead atoms. The summed E-state index contributed by atoms with van der Waals surface area (Å²) < 4.78 is 17.6. The second-order valence-corrected chi connectivity index (χ2v) is 6.76. The smallest absolute Gasteiger partial charge is 0.268 e. The largest absolute Gasteiger partial charge is 0.497 e. The van der Waals surface area contributed by atoms with Gasteiger partial charge < -0.3 is 29.4 Å². The molecule has 0 saturated carbocycles. The van der Waals surface area contributed by atoms with E-state index in [0.29, 0.717) is 28.6 Å². The highest BCUT2D eigenvalue weighted by Crippen LogP contribution is 2.33. The van der Waals surface area contributed by atoms with Crippen LogP contribution in [0, 0.1) is 0 Å². The molecule has 0 radical (unpaired) electrons. The lowest BCUT2D eigenvalue weighted by molar-refractivity contribution is -0.117. The van der Waals surface area contributed by atoms with E-state index >= 15 is 0 Å². The van der Waals surface area contributed by atoms with Gasteiger partial charge in [-0.05, 0) is 37.3 Å². The zero-order valence-electron chi connectivity index (χ0n) is 17.6. The minimum atomic E-state index is -0.742. The highest BCUT2D eigenvalue weighted by molar-refractivity contribution is 6.04. The highest BCUT2D eigenvalue weighted by Gasteiger charge is 2.21. The van der Waals surface area contributed by atoms with Crippen LogP contribution in [0.3, 0.4) is 0 Å². The van der Waals surface area contributed by atoms with Gasteiger partial charge in [0.25, 0.3) is 5.91 Å². The Balaban J connectivity index is 1.76. The highest BCUT2D eigenvalue weighted by atomic mass is 16.5. The number of methoxy groups -OCH3 is 3. The number of amides is 2.